The molecule has 1 aromatic carbocycles. The number of aromatic nitrogens is 1. The molecule has 1 amide bonds. The summed E-state index contributed by atoms with van der Waals surface area (Å²) < 4.78 is 13.0. The van der Waals surface area contributed by atoms with E-state index in [1.807, 2.05) is 19.9 Å². The second-order valence-corrected chi connectivity index (χ2v) is 8.85. The average molecular weight is 424 g/mol. The first-order valence-corrected chi connectivity index (χ1v) is 10.1. The van der Waals surface area contributed by atoms with Crippen LogP contribution in [0.1, 0.15) is 50.4 Å². The Kier molecular flexibility index (Phi) is 5.81. The number of hydrogen-bond acceptors (Lipinski definition) is 5. The lowest BCUT2D eigenvalue weighted by Gasteiger charge is -2.22. The molecule has 3 rings (SSSR count). The van der Waals surface area contributed by atoms with E-state index in [1.54, 1.807) is 53.1 Å². The number of carbonyl (C=O) groups excluding carboxylic acids is 1. The van der Waals surface area contributed by atoms with Crippen LogP contribution in [0.4, 0.5) is 4.79 Å². The second kappa shape index (κ2) is 8.06. The first kappa shape index (κ1) is 22.3. The highest BCUT2D eigenvalue weighted by atomic mass is 16.6. The van der Waals surface area contributed by atoms with Gasteiger partial charge in [0, 0.05) is 36.0 Å². The molecule has 164 valence electrons. The lowest BCUT2D eigenvalue weighted by molar-refractivity contribution is 0.0508. The lowest BCUT2D eigenvalue weighted by atomic mass is 9.99. The van der Waals surface area contributed by atoms with E-state index in [0.717, 1.165) is 5.56 Å². The van der Waals surface area contributed by atoms with Crippen molar-refractivity contribution >= 4 is 17.1 Å². The molecule has 0 spiro atoms. The minimum absolute atomic E-state index is 0.153. The maximum atomic E-state index is 13.2. The maximum Gasteiger partial charge on any atom is 0.408 e. The minimum atomic E-state index is -0.626. The molecular formula is C24H28N2O5. The van der Waals surface area contributed by atoms with Crippen LogP contribution >= 0.6 is 0 Å². The summed E-state index contributed by atoms with van der Waals surface area (Å²) in [4.78, 5) is 37.2. The molecule has 0 aliphatic rings. The van der Waals surface area contributed by atoms with Crippen molar-refractivity contribution in [3.8, 4) is 11.3 Å². The summed E-state index contributed by atoms with van der Waals surface area (Å²) in [5, 5.41) is 3.26. The van der Waals surface area contributed by atoms with Crippen molar-refractivity contribution < 1.29 is 13.9 Å². The molecule has 0 aliphatic carbocycles. The largest absolute Gasteiger partial charge is 0.455 e. The smallest absolute Gasteiger partial charge is 0.408 e. The molecule has 0 aliphatic heterocycles. The van der Waals surface area contributed by atoms with Crippen molar-refractivity contribution in [3.05, 3.63) is 67.7 Å². The zero-order valence-electron chi connectivity index (χ0n) is 19.0. The Morgan fingerprint density at radius 2 is 1.84 bits per heavy atom. The highest BCUT2D eigenvalue weighted by Crippen LogP contribution is 2.30. The summed E-state index contributed by atoms with van der Waals surface area (Å²) in [5.74, 6) is 0.391. The van der Waals surface area contributed by atoms with Crippen molar-refractivity contribution in [1.29, 1.82) is 0 Å². The normalized spacial score (nSPS) is 12.6. The Morgan fingerprint density at radius 1 is 1.16 bits per heavy atom. The van der Waals surface area contributed by atoms with Crippen LogP contribution in [0, 0.1) is 13.8 Å². The van der Waals surface area contributed by atoms with Crippen LogP contribution in [0.5, 0.6) is 0 Å². The van der Waals surface area contributed by atoms with Crippen LogP contribution in [0.3, 0.4) is 0 Å². The second-order valence-electron chi connectivity index (χ2n) is 8.85. The van der Waals surface area contributed by atoms with E-state index in [9.17, 15) is 14.4 Å². The number of alkyl carbamates (subject to hydrolysis) is 1. The monoisotopic (exact) mass is 424 g/mol. The highest BCUT2D eigenvalue weighted by Gasteiger charge is 2.22. The quantitative estimate of drug-likeness (QED) is 0.675. The lowest BCUT2D eigenvalue weighted by Crippen LogP contribution is -2.34. The Hall–Kier alpha value is -3.35. The summed E-state index contributed by atoms with van der Waals surface area (Å²) in [6, 6.07) is 6.27. The molecule has 0 bridgehead atoms. The van der Waals surface area contributed by atoms with Crippen molar-refractivity contribution in [2.24, 2.45) is 7.05 Å². The van der Waals surface area contributed by atoms with Crippen LogP contribution in [0.15, 0.2) is 44.5 Å². The van der Waals surface area contributed by atoms with E-state index >= 15 is 0 Å². The zero-order chi connectivity index (χ0) is 23.1. The average Bonchev–Trinajstić information content (AvgIpc) is 2.65. The van der Waals surface area contributed by atoms with Gasteiger partial charge < -0.3 is 19.0 Å². The molecule has 0 unspecified atom stereocenters. The van der Waals surface area contributed by atoms with Gasteiger partial charge >= 0.3 is 6.09 Å². The third-order valence-corrected chi connectivity index (χ3v) is 4.94. The fourth-order valence-corrected chi connectivity index (χ4v) is 3.45. The van der Waals surface area contributed by atoms with Crippen LogP contribution < -0.4 is 16.3 Å². The van der Waals surface area contributed by atoms with Gasteiger partial charge in [0.05, 0.1) is 11.4 Å². The first-order chi connectivity index (χ1) is 14.4. The molecule has 1 atom stereocenters. The molecule has 0 saturated heterocycles. The van der Waals surface area contributed by atoms with Gasteiger partial charge in [0.2, 0.25) is 5.56 Å². The topological polar surface area (TPSA) is 90.5 Å². The molecule has 0 saturated carbocycles. The van der Waals surface area contributed by atoms with Gasteiger partial charge in [0.25, 0.3) is 0 Å². The number of ether oxygens (including phenoxy) is 1. The van der Waals surface area contributed by atoms with Crippen molar-refractivity contribution in [3.63, 3.8) is 0 Å². The van der Waals surface area contributed by atoms with Crippen LogP contribution in [0.25, 0.3) is 22.3 Å². The van der Waals surface area contributed by atoms with Crippen LogP contribution in [-0.2, 0) is 11.8 Å². The number of amides is 1. The predicted octanol–water partition coefficient (Wildman–Crippen LogP) is 4.36. The Morgan fingerprint density at radius 3 is 2.45 bits per heavy atom. The van der Waals surface area contributed by atoms with Crippen molar-refractivity contribution in [1.82, 2.24) is 9.88 Å². The molecule has 31 heavy (non-hydrogen) atoms. The third kappa shape index (κ3) is 4.71. The fraction of sp³-hybridized carbons (Fsp3) is 0.375. The maximum absolute atomic E-state index is 13.2. The minimum Gasteiger partial charge on any atom is -0.455 e. The Labute approximate surface area is 180 Å². The molecule has 7 heteroatoms. The molecule has 1 N–H and O–H groups in total. The Balaban J connectivity index is 2.17. The van der Waals surface area contributed by atoms with E-state index in [1.165, 1.54) is 10.6 Å². The molecule has 3 aromatic rings. The number of carbonyl (C=O) groups is 1. The van der Waals surface area contributed by atoms with Gasteiger partial charge in [-0.3, -0.25) is 9.59 Å². The summed E-state index contributed by atoms with van der Waals surface area (Å²) in [7, 11) is 1.64. The van der Waals surface area contributed by atoms with E-state index in [4.69, 9.17) is 9.15 Å². The van der Waals surface area contributed by atoms with E-state index in [0.29, 0.717) is 33.4 Å². The zero-order valence-corrected chi connectivity index (χ0v) is 19.0. The number of rotatable bonds is 3. The fourth-order valence-electron chi connectivity index (χ4n) is 3.45. The van der Waals surface area contributed by atoms with Gasteiger partial charge in [-0.05, 0) is 59.2 Å². The number of aryl methyl sites for hydroxylation is 2. The number of benzene rings is 1. The van der Waals surface area contributed by atoms with Gasteiger partial charge in [-0.2, -0.15) is 0 Å². The molecule has 0 fully saturated rings. The van der Waals surface area contributed by atoms with Crippen molar-refractivity contribution in [2.75, 3.05) is 0 Å². The van der Waals surface area contributed by atoms with Crippen LogP contribution in [-0.4, -0.2) is 16.3 Å². The number of fused-ring (bicyclic) bond motifs is 1. The molecule has 2 aromatic heterocycles. The van der Waals surface area contributed by atoms with E-state index < -0.39 is 17.7 Å². The summed E-state index contributed by atoms with van der Waals surface area (Å²) in [6.07, 6.45) is 1.08. The van der Waals surface area contributed by atoms with Gasteiger partial charge in [0.15, 0.2) is 5.43 Å². The summed E-state index contributed by atoms with van der Waals surface area (Å²) in [5.41, 5.74) is 2.09. The van der Waals surface area contributed by atoms with Gasteiger partial charge in [-0.15, -0.1) is 0 Å². The first-order valence-electron chi connectivity index (χ1n) is 10.1. The molecule has 2 heterocycles. The number of nitrogens with one attached hydrogen (secondary N) is 1. The molecule has 0 radical (unpaired) electrons. The molecule has 7 nitrogen and oxygen atoms in total. The van der Waals surface area contributed by atoms with E-state index in [-0.39, 0.29) is 11.0 Å². The highest BCUT2D eigenvalue weighted by molar-refractivity contribution is 5.84. The summed E-state index contributed by atoms with van der Waals surface area (Å²) in [6.45, 7) is 10.8. The molecular weight excluding hydrogens is 396 g/mol. The van der Waals surface area contributed by atoms with Gasteiger partial charge in [0.1, 0.15) is 16.9 Å². The number of pyridine rings is 1. The number of hydrogen-bond donors (Lipinski definition) is 1. The van der Waals surface area contributed by atoms with E-state index in [2.05, 4.69) is 5.32 Å². The third-order valence-electron chi connectivity index (χ3n) is 4.94. The van der Waals surface area contributed by atoms with Gasteiger partial charge in [-0.1, -0.05) is 6.07 Å². The Bertz CT molecular complexity index is 1280. The van der Waals surface area contributed by atoms with Crippen molar-refractivity contribution in [2.45, 2.75) is 53.2 Å². The standard InChI is InChI=1S/C24H28N2O5/c1-13-10-17(15(3)25-23(29)31-24(4,5)6)22-18(11-13)20(28)14(2)21(30-22)16-8-9-19(27)26(7)12-16/h8-12,15H,1-7H3,(H,25,29)/t15-/m1/s1. The number of nitrogens with zero attached hydrogens (tertiary/aromatic N) is 1. The predicted molar refractivity (Wildman–Crippen MR) is 120 cm³/mol. The summed E-state index contributed by atoms with van der Waals surface area (Å²) >= 11 is 0. The SMILES string of the molecule is Cc1cc([C@@H](C)NC(=O)OC(C)(C)C)c2oc(-c3ccc(=O)n(C)c3)c(C)c(=O)c2c1. The van der Waals surface area contributed by atoms with Crippen LogP contribution in [0.2, 0.25) is 0 Å². The van der Waals surface area contributed by atoms with Gasteiger partial charge in [-0.25, -0.2) is 4.79 Å².